The van der Waals surface area contributed by atoms with Crippen LogP contribution in [0.2, 0.25) is 0 Å². The maximum atomic E-state index is 13.5. The van der Waals surface area contributed by atoms with Gasteiger partial charge < -0.3 is 9.84 Å². The SMILES string of the molecule is CCOc1ccc([C@H]2/C(=C(\O)c3ccc(F)cc3)C(=O)C(=O)N2c2nc3c(C)cc(C)cc3s2)cc1. The summed E-state index contributed by atoms with van der Waals surface area (Å²) >= 11 is 1.31. The molecule has 4 aromatic rings. The molecule has 1 aliphatic rings. The van der Waals surface area contributed by atoms with Crippen LogP contribution in [0.3, 0.4) is 0 Å². The lowest BCUT2D eigenvalue weighted by molar-refractivity contribution is -0.132. The molecule has 3 aromatic carbocycles. The Bertz CT molecular complexity index is 1520. The maximum absolute atomic E-state index is 13.5. The van der Waals surface area contributed by atoms with E-state index in [0.29, 0.717) is 23.1 Å². The molecule has 0 spiro atoms. The van der Waals surface area contributed by atoms with Crippen LogP contribution in [-0.2, 0) is 9.59 Å². The van der Waals surface area contributed by atoms with Crippen molar-refractivity contribution >= 4 is 44.1 Å². The minimum Gasteiger partial charge on any atom is -0.507 e. The van der Waals surface area contributed by atoms with Gasteiger partial charge >= 0.3 is 5.91 Å². The summed E-state index contributed by atoms with van der Waals surface area (Å²) < 4.78 is 19.9. The fourth-order valence-electron chi connectivity index (χ4n) is 4.48. The van der Waals surface area contributed by atoms with Crippen LogP contribution in [0.15, 0.2) is 66.2 Å². The predicted octanol–water partition coefficient (Wildman–Crippen LogP) is 6.08. The van der Waals surface area contributed by atoms with Crippen LogP contribution in [0.1, 0.15) is 35.2 Å². The number of anilines is 1. The molecule has 0 aliphatic carbocycles. The van der Waals surface area contributed by atoms with Crippen molar-refractivity contribution in [3.8, 4) is 5.75 Å². The second kappa shape index (κ2) is 9.20. The van der Waals surface area contributed by atoms with Gasteiger partial charge in [-0.3, -0.25) is 14.5 Å². The monoisotopic (exact) mass is 502 g/mol. The highest BCUT2D eigenvalue weighted by atomic mass is 32.1. The number of fused-ring (bicyclic) bond motifs is 1. The van der Waals surface area contributed by atoms with E-state index >= 15 is 0 Å². The molecule has 1 saturated heterocycles. The van der Waals surface area contributed by atoms with Crippen LogP contribution in [0.4, 0.5) is 9.52 Å². The smallest absolute Gasteiger partial charge is 0.301 e. The Morgan fingerprint density at radius 3 is 2.44 bits per heavy atom. The van der Waals surface area contributed by atoms with Gasteiger partial charge in [0.05, 0.1) is 28.4 Å². The number of carbonyl (C=O) groups excluding carboxylic acids is 2. The van der Waals surface area contributed by atoms with Crippen molar-refractivity contribution in [3.05, 3.63) is 94.3 Å². The fraction of sp³-hybridized carbons (Fsp3) is 0.179. The lowest BCUT2D eigenvalue weighted by Gasteiger charge is -2.23. The van der Waals surface area contributed by atoms with Crippen molar-refractivity contribution in [1.29, 1.82) is 0 Å². The number of thiazole rings is 1. The largest absolute Gasteiger partial charge is 0.507 e. The summed E-state index contributed by atoms with van der Waals surface area (Å²) in [7, 11) is 0. The Hall–Kier alpha value is -4.04. The van der Waals surface area contributed by atoms with Gasteiger partial charge in [0.25, 0.3) is 5.78 Å². The highest BCUT2D eigenvalue weighted by Crippen LogP contribution is 2.45. The quantitative estimate of drug-likeness (QED) is 0.203. The minimum absolute atomic E-state index is 0.0806. The number of aryl methyl sites for hydroxylation is 2. The molecule has 8 heteroatoms. The van der Waals surface area contributed by atoms with Crippen LogP contribution in [-0.4, -0.2) is 28.4 Å². The zero-order chi connectivity index (χ0) is 25.6. The standard InChI is InChI=1S/C28H23FN2O4S/c1-4-35-20-11-7-17(8-12-20)24-22(25(32)18-5-9-19(29)10-6-18)26(33)27(34)31(24)28-30-23-16(3)13-15(2)14-21(23)36-28/h5-14,24,32H,4H2,1-3H3/b25-22+/t24-/m0/s1. The van der Waals surface area contributed by atoms with Crippen LogP contribution in [0.25, 0.3) is 16.0 Å². The summed E-state index contributed by atoms with van der Waals surface area (Å²) in [4.78, 5) is 32.8. The minimum atomic E-state index is -0.923. The van der Waals surface area contributed by atoms with Gasteiger partial charge in [-0.05, 0) is 79.9 Å². The number of aliphatic hydroxyl groups excluding tert-OH is 1. The third-order valence-electron chi connectivity index (χ3n) is 6.09. The normalized spacial score (nSPS) is 17.2. The van der Waals surface area contributed by atoms with Gasteiger partial charge in [-0.25, -0.2) is 9.37 Å². The van der Waals surface area contributed by atoms with E-state index in [1.54, 1.807) is 24.3 Å². The number of carbonyl (C=O) groups is 2. The lowest BCUT2D eigenvalue weighted by atomic mass is 9.95. The van der Waals surface area contributed by atoms with Gasteiger partial charge in [0.15, 0.2) is 5.13 Å². The van der Waals surface area contributed by atoms with Crippen LogP contribution < -0.4 is 9.64 Å². The molecule has 1 N–H and O–H groups in total. The van der Waals surface area contributed by atoms with Gasteiger partial charge in [0.2, 0.25) is 0 Å². The van der Waals surface area contributed by atoms with Gasteiger partial charge in [0.1, 0.15) is 17.3 Å². The average Bonchev–Trinajstić information content (AvgIpc) is 3.38. The van der Waals surface area contributed by atoms with E-state index in [1.807, 2.05) is 32.9 Å². The highest BCUT2D eigenvalue weighted by molar-refractivity contribution is 7.22. The molecule has 1 aliphatic heterocycles. The van der Waals surface area contributed by atoms with Gasteiger partial charge in [-0.2, -0.15) is 0 Å². The Morgan fingerprint density at radius 1 is 1.08 bits per heavy atom. The summed E-state index contributed by atoms with van der Waals surface area (Å²) in [6.45, 7) is 6.31. The molecule has 0 unspecified atom stereocenters. The number of halogens is 1. The third kappa shape index (κ3) is 4.03. The van der Waals surface area contributed by atoms with Crippen molar-refractivity contribution in [2.24, 2.45) is 0 Å². The summed E-state index contributed by atoms with van der Waals surface area (Å²) in [5, 5.41) is 11.5. The van der Waals surface area contributed by atoms with E-state index in [1.165, 1.54) is 40.5 Å². The molecule has 0 saturated carbocycles. The number of ether oxygens (including phenoxy) is 1. The molecule has 5 rings (SSSR count). The number of aromatic nitrogens is 1. The number of benzene rings is 3. The molecule has 2 heterocycles. The molecular formula is C28H23FN2O4S. The molecular weight excluding hydrogens is 479 g/mol. The van der Waals surface area contributed by atoms with Gasteiger partial charge in [-0.1, -0.05) is 29.5 Å². The molecule has 36 heavy (non-hydrogen) atoms. The number of hydrogen-bond donors (Lipinski definition) is 1. The summed E-state index contributed by atoms with van der Waals surface area (Å²) in [5.74, 6) is -1.82. The summed E-state index contributed by atoms with van der Waals surface area (Å²) in [6.07, 6.45) is 0. The molecule has 1 atom stereocenters. The predicted molar refractivity (Wildman–Crippen MR) is 138 cm³/mol. The molecule has 6 nitrogen and oxygen atoms in total. The first kappa shape index (κ1) is 23.7. The Labute approximate surface area is 211 Å². The number of rotatable bonds is 5. The Balaban J connectivity index is 1.71. The summed E-state index contributed by atoms with van der Waals surface area (Å²) in [5.41, 5.74) is 3.55. The van der Waals surface area contributed by atoms with E-state index < -0.39 is 23.5 Å². The van der Waals surface area contributed by atoms with E-state index in [2.05, 4.69) is 0 Å². The first-order valence-electron chi connectivity index (χ1n) is 11.5. The van der Waals surface area contributed by atoms with E-state index in [0.717, 1.165) is 21.3 Å². The second-order valence-electron chi connectivity index (χ2n) is 8.60. The van der Waals surface area contributed by atoms with E-state index in [-0.39, 0.29) is 16.9 Å². The topological polar surface area (TPSA) is 79.7 Å². The number of Topliss-reactive ketones (excluding diaryl/α,β-unsaturated/α-hetero) is 1. The van der Waals surface area contributed by atoms with E-state index in [4.69, 9.17) is 9.72 Å². The van der Waals surface area contributed by atoms with Crippen molar-refractivity contribution in [2.45, 2.75) is 26.8 Å². The van der Waals surface area contributed by atoms with Crippen molar-refractivity contribution in [3.63, 3.8) is 0 Å². The third-order valence-corrected chi connectivity index (χ3v) is 7.10. The lowest BCUT2D eigenvalue weighted by Crippen LogP contribution is -2.29. The van der Waals surface area contributed by atoms with Crippen molar-refractivity contribution in [1.82, 2.24) is 4.98 Å². The maximum Gasteiger partial charge on any atom is 0.301 e. The number of hydrogen-bond acceptors (Lipinski definition) is 6. The fourth-order valence-corrected chi connectivity index (χ4v) is 5.65. The zero-order valence-corrected chi connectivity index (χ0v) is 20.7. The Kier molecular flexibility index (Phi) is 6.05. The molecule has 182 valence electrons. The van der Waals surface area contributed by atoms with Gasteiger partial charge in [-0.15, -0.1) is 0 Å². The van der Waals surface area contributed by atoms with Crippen LogP contribution >= 0.6 is 11.3 Å². The number of amides is 1. The second-order valence-corrected chi connectivity index (χ2v) is 9.61. The zero-order valence-electron chi connectivity index (χ0n) is 19.9. The highest BCUT2D eigenvalue weighted by Gasteiger charge is 2.48. The first-order chi connectivity index (χ1) is 17.3. The van der Waals surface area contributed by atoms with Crippen molar-refractivity contribution < 1.29 is 23.8 Å². The van der Waals surface area contributed by atoms with Crippen LogP contribution in [0.5, 0.6) is 5.75 Å². The van der Waals surface area contributed by atoms with E-state index in [9.17, 15) is 19.1 Å². The number of nitrogens with zero attached hydrogens (tertiary/aromatic N) is 2. The summed E-state index contributed by atoms with van der Waals surface area (Å²) in [6, 6.07) is 15.2. The van der Waals surface area contributed by atoms with Crippen LogP contribution in [0, 0.1) is 19.7 Å². The molecule has 0 radical (unpaired) electrons. The number of aliphatic hydroxyl groups is 1. The Morgan fingerprint density at radius 2 is 1.78 bits per heavy atom. The molecule has 1 amide bonds. The van der Waals surface area contributed by atoms with Gasteiger partial charge in [0, 0.05) is 5.56 Å². The molecule has 1 fully saturated rings. The molecule has 1 aromatic heterocycles. The first-order valence-corrected chi connectivity index (χ1v) is 12.3. The number of ketones is 1. The molecule has 0 bridgehead atoms. The van der Waals surface area contributed by atoms with Crippen molar-refractivity contribution in [2.75, 3.05) is 11.5 Å². The average molecular weight is 503 g/mol.